The van der Waals surface area contributed by atoms with Gasteiger partial charge in [-0.05, 0) is 19.1 Å². The van der Waals surface area contributed by atoms with Gasteiger partial charge in [0.2, 0.25) is 10.0 Å². The maximum Gasteiger partial charge on any atom is 0.419 e. The third-order valence-corrected chi connectivity index (χ3v) is 5.82. The zero-order chi connectivity index (χ0) is 15.2. The van der Waals surface area contributed by atoms with E-state index in [0.717, 1.165) is 0 Å². The summed E-state index contributed by atoms with van der Waals surface area (Å²) in [5.41, 5.74) is 0.860. The molecule has 9 heteroatoms. The highest BCUT2D eigenvalue weighted by Crippen LogP contribution is 2.23. The van der Waals surface area contributed by atoms with Crippen LogP contribution in [-0.2, 0) is 17.1 Å². The molecule has 2 heterocycles. The molecule has 1 aliphatic heterocycles. The van der Waals surface area contributed by atoms with Gasteiger partial charge in [-0.3, -0.25) is 4.57 Å². The van der Waals surface area contributed by atoms with Crippen molar-refractivity contribution in [1.82, 2.24) is 14.2 Å². The van der Waals surface area contributed by atoms with Gasteiger partial charge in [0.15, 0.2) is 5.58 Å². The number of hydrogen-bond donors (Lipinski definition) is 1. The van der Waals surface area contributed by atoms with E-state index < -0.39 is 15.8 Å². The van der Waals surface area contributed by atoms with Crippen molar-refractivity contribution in [1.29, 1.82) is 0 Å². The summed E-state index contributed by atoms with van der Waals surface area (Å²) in [5.74, 6) is -0.505. The number of aryl methyl sites for hydroxylation is 1. The number of nitrogens with zero attached hydrogens (tertiary/aromatic N) is 2. The smallest absolute Gasteiger partial charge is 0.408 e. The van der Waals surface area contributed by atoms with Crippen LogP contribution in [-0.4, -0.2) is 43.0 Å². The van der Waals surface area contributed by atoms with E-state index in [2.05, 4.69) is 5.32 Å². The van der Waals surface area contributed by atoms with Crippen LogP contribution in [0.5, 0.6) is 0 Å². The highest BCUT2D eigenvalue weighted by molar-refractivity contribution is 7.89. The number of rotatable bonds is 2. The predicted octanol–water partition coefficient (Wildman–Crippen LogP) is 0.536. The fourth-order valence-electron chi connectivity index (χ4n) is 2.59. The zero-order valence-corrected chi connectivity index (χ0v) is 13.9. The van der Waals surface area contributed by atoms with Crippen LogP contribution in [0.15, 0.2) is 32.3 Å². The molecule has 1 aliphatic rings. The van der Waals surface area contributed by atoms with Gasteiger partial charge in [0.1, 0.15) is 0 Å². The molecule has 0 bridgehead atoms. The lowest BCUT2D eigenvalue weighted by Crippen LogP contribution is -2.52. The first-order chi connectivity index (χ1) is 9.91. The normalized spacial score (nSPS) is 20.0. The fraction of sp³-hybridized carbons (Fsp3) is 0.462. The molecule has 1 fully saturated rings. The molecule has 1 atom stereocenters. The topological polar surface area (TPSA) is 84.6 Å². The summed E-state index contributed by atoms with van der Waals surface area (Å²) in [6, 6.07) is 4.42. The molecular formula is C13H18ClN3O4S. The Bertz CT molecular complexity index is 843. The Morgan fingerprint density at radius 1 is 1.36 bits per heavy atom. The average Bonchev–Trinajstić information content (AvgIpc) is 2.74. The minimum absolute atomic E-state index is 0. The van der Waals surface area contributed by atoms with Gasteiger partial charge in [-0.2, -0.15) is 4.31 Å². The molecule has 7 nitrogen and oxygen atoms in total. The first kappa shape index (κ1) is 17.0. The number of nitrogens with one attached hydrogen (secondary N) is 1. The molecule has 22 heavy (non-hydrogen) atoms. The van der Waals surface area contributed by atoms with Crippen LogP contribution in [0.25, 0.3) is 11.1 Å². The second kappa shape index (κ2) is 6.04. The second-order valence-corrected chi connectivity index (χ2v) is 7.12. The number of benzene rings is 1. The number of piperazine rings is 1. The van der Waals surface area contributed by atoms with E-state index in [1.165, 1.54) is 21.0 Å². The number of sulfonamides is 1. The molecule has 0 saturated carbocycles. The minimum atomic E-state index is -3.58. The number of aromatic nitrogens is 1. The molecule has 1 aromatic carbocycles. The fourth-order valence-corrected chi connectivity index (χ4v) is 4.24. The molecule has 2 aromatic rings. The Hall–Kier alpha value is -1.35. The summed E-state index contributed by atoms with van der Waals surface area (Å²) < 4.78 is 33.3. The van der Waals surface area contributed by atoms with E-state index in [9.17, 15) is 13.2 Å². The summed E-state index contributed by atoms with van der Waals surface area (Å²) in [6.07, 6.45) is 0. The van der Waals surface area contributed by atoms with Gasteiger partial charge < -0.3 is 9.73 Å². The molecule has 1 N–H and O–H groups in total. The summed E-state index contributed by atoms with van der Waals surface area (Å²) in [5, 5.41) is 3.16. The third kappa shape index (κ3) is 2.67. The van der Waals surface area contributed by atoms with E-state index in [-0.39, 0.29) is 28.9 Å². The zero-order valence-electron chi connectivity index (χ0n) is 12.3. The van der Waals surface area contributed by atoms with E-state index >= 15 is 0 Å². The van der Waals surface area contributed by atoms with Crippen LogP contribution in [0.3, 0.4) is 0 Å². The lowest BCUT2D eigenvalue weighted by atomic mass is 10.3. The van der Waals surface area contributed by atoms with E-state index in [4.69, 9.17) is 4.42 Å². The van der Waals surface area contributed by atoms with Crippen LogP contribution in [0.4, 0.5) is 0 Å². The van der Waals surface area contributed by atoms with Crippen molar-refractivity contribution < 1.29 is 12.8 Å². The maximum atomic E-state index is 12.7. The van der Waals surface area contributed by atoms with Gasteiger partial charge in [0.05, 0.1) is 10.4 Å². The monoisotopic (exact) mass is 347 g/mol. The van der Waals surface area contributed by atoms with Gasteiger partial charge >= 0.3 is 5.76 Å². The van der Waals surface area contributed by atoms with Crippen LogP contribution in [0.1, 0.15) is 6.92 Å². The molecule has 0 amide bonds. The van der Waals surface area contributed by atoms with Crippen molar-refractivity contribution in [3.8, 4) is 0 Å². The average molecular weight is 348 g/mol. The van der Waals surface area contributed by atoms with Gasteiger partial charge in [-0.25, -0.2) is 13.2 Å². The lowest BCUT2D eigenvalue weighted by molar-refractivity contribution is 0.284. The number of fused-ring (bicyclic) bond motifs is 1. The van der Waals surface area contributed by atoms with Crippen LogP contribution >= 0.6 is 12.4 Å². The van der Waals surface area contributed by atoms with Crippen molar-refractivity contribution in [3.63, 3.8) is 0 Å². The van der Waals surface area contributed by atoms with Crippen molar-refractivity contribution in [2.24, 2.45) is 7.05 Å². The minimum Gasteiger partial charge on any atom is -0.408 e. The second-order valence-electron chi connectivity index (χ2n) is 5.23. The summed E-state index contributed by atoms with van der Waals surface area (Å²) in [7, 11) is -2.00. The van der Waals surface area contributed by atoms with E-state index in [1.807, 2.05) is 6.92 Å². The molecule has 1 saturated heterocycles. The third-order valence-electron chi connectivity index (χ3n) is 3.81. The number of halogens is 1. The molecule has 0 aliphatic carbocycles. The SMILES string of the molecule is C[C@@H]1CNCCN1S(=O)(=O)c1ccc2c(c1)oc(=O)n2C.Cl. The molecule has 0 unspecified atom stereocenters. The Morgan fingerprint density at radius 2 is 2.09 bits per heavy atom. The Morgan fingerprint density at radius 3 is 2.77 bits per heavy atom. The first-order valence-electron chi connectivity index (χ1n) is 6.73. The molecule has 122 valence electrons. The number of hydrogen-bond acceptors (Lipinski definition) is 5. The van der Waals surface area contributed by atoms with Crippen LogP contribution in [0, 0.1) is 0 Å². The Labute approximate surface area is 134 Å². The van der Waals surface area contributed by atoms with Crippen molar-refractivity contribution in [2.45, 2.75) is 17.9 Å². The van der Waals surface area contributed by atoms with E-state index in [1.54, 1.807) is 13.1 Å². The van der Waals surface area contributed by atoms with Crippen LogP contribution < -0.4 is 11.1 Å². The Balaban J connectivity index is 0.00000176. The van der Waals surface area contributed by atoms with Crippen molar-refractivity contribution in [3.05, 3.63) is 28.7 Å². The highest BCUT2D eigenvalue weighted by Gasteiger charge is 2.31. The summed E-state index contributed by atoms with van der Waals surface area (Å²) in [4.78, 5) is 11.6. The number of oxazole rings is 1. The van der Waals surface area contributed by atoms with Crippen LogP contribution in [0.2, 0.25) is 0 Å². The Kier molecular flexibility index (Phi) is 4.67. The summed E-state index contributed by atoms with van der Waals surface area (Å²) in [6.45, 7) is 3.55. The van der Waals surface area contributed by atoms with Crippen molar-refractivity contribution in [2.75, 3.05) is 19.6 Å². The van der Waals surface area contributed by atoms with E-state index in [0.29, 0.717) is 25.2 Å². The highest BCUT2D eigenvalue weighted by atomic mass is 35.5. The van der Waals surface area contributed by atoms with Crippen molar-refractivity contribution >= 4 is 33.5 Å². The molecule has 3 rings (SSSR count). The van der Waals surface area contributed by atoms with Gasteiger partial charge in [0.25, 0.3) is 0 Å². The quantitative estimate of drug-likeness (QED) is 0.857. The first-order valence-corrected chi connectivity index (χ1v) is 8.17. The predicted molar refractivity (Wildman–Crippen MR) is 84.9 cm³/mol. The molecule has 0 spiro atoms. The standard InChI is InChI=1S/C13H17N3O4S.ClH/c1-9-8-14-5-6-16(9)21(18,19)10-3-4-11-12(7-10)20-13(17)15(11)2;/h3-4,7,9,14H,5-6,8H2,1-2H3;1H/t9-;/m1./s1. The largest absolute Gasteiger partial charge is 0.419 e. The maximum absolute atomic E-state index is 12.7. The van der Waals surface area contributed by atoms with Gasteiger partial charge in [-0.1, -0.05) is 0 Å². The molecule has 0 radical (unpaired) electrons. The lowest BCUT2D eigenvalue weighted by Gasteiger charge is -2.32. The molecular weight excluding hydrogens is 330 g/mol. The van der Waals surface area contributed by atoms with Gasteiger partial charge in [-0.15, -0.1) is 12.4 Å². The summed E-state index contributed by atoms with van der Waals surface area (Å²) >= 11 is 0. The van der Waals surface area contributed by atoms with Gasteiger partial charge in [0, 0.05) is 38.8 Å². The molecule has 1 aromatic heterocycles.